The fraction of sp³-hybridized carbons (Fsp3) is 0.500. The number of aryl methyl sites for hydroxylation is 1. The first-order chi connectivity index (χ1) is 12.5. The van der Waals surface area contributed by atoms with Crippen molar-refractivity contribution in [1.29, 1.82) is 0 Å². The van der Waals surface area contributed by atoms with Gasteiger partial charge in [0.15, 0.2) is 0 Å². The first kappa shape index (κ1) is 19.9. The molecule has 9 heteroatoms. The second-order valence-electron chi connectivity index (χ2n) is 7.04. The number of hydrogen-bond donors (Lipinski definition) is 0. The van der Waals surface area contributed by atoms with Crippen LogP contribution in [0.3, 0.4) is 0 Å². The topological polar surface area (TPSA) is 55.2 Å². The van der Waals surface area contributed by atoms with E-state index < -0.39 is 21.8 Å². The van der Waals surface area contributed by atoms with Crippen molar-refractivity contribution in [2.75, 3.05) is 19.3 Å². The summed E-state index contributed by atoms with van der Waals surface area (Å²) in [5.74, 6) is 1.10. The van der Waals surface area contributed by atoms with Crippen LogP contribution >= 0.6 is 0 Å². The Morgan fingerprint density at radius 3 is 2.48 bits per heavy atom. The Kier molecular flexibility index (Phi) is 5.36. The molecule has 148 valence electrons. The molecule has 3 rings (SSSR count). The molecule has 0 bridgehead atoms. The summed E-state index contributed by atoms with van der Waals surface area (Å²) in [6.45, 7) is 0.989. The fourth-order valence-electron chi connectivity index (χ4n) is 3.39. The lowest BCUT2D eigenvalue weighted by Crippen LogP contribution is -2.38. The maximum Gasteiger partial charge on any atom is 0.416 e. The summed E-state index contributed by atoms with van der Waals surface area (Å²) >= 11 is 0. The summed E-state index contributed by atoms with van der Waals surface area (Å²) < 4.78 is 65.3. The molecular weight excluding hydrogens is 379 g/mol. The summed E-state index contributed by atoms with van der Waals surface area (Å²) in [6.07, 6.45) is 0.732. The van der Waals surface area contributed by atoms with Crippen LogP contribution < -0.4 is 0 Å². The van der Waals surface area contributed by atoms with E-state index in [2.05, 4.69) is 4.98 Å². The van der Waals surface area contributed by atoms with Crippen molar-refractivity contribution in [3.63, 3.8) is 0 Å². The SMILES string of the molecule is Cn1cc(-c2cccc(C(F)(F)F)c2)nc1CC1CCN(S(C)(=O)=O)CC1. The molecule has 0 radical (unpaired) electrons. The van der Waals surface area contributed by atoms with E-state index in [4.69, 9.17) is 0 Å². The average molecular weight is 401 g/mol. The third-order valence-corrected chi connectivity index (χ3v) is 6.28. The standard InChI is InChI=1S/C18H22F3N3O2S/c1-23-12-16(14-4-3-5-15(11-14)18(19,20)21)22-17(23)10-13-6-8-24(9-7-13)27(2,25)26/h3-5,11-13H,6-10H2,1-2H3. The van der Waals surface area contributed by atoms with E-state index in [-0.39, 0.29) is 0 Å². The number of aromatic nitrogens is 2. The molecule has 0 saturated carbocycles. The molecule has 1 saturated heterocycles. The predicted molar refractivity (Wildman–Crippen MR) is 96.5 cm³/mol. The van der Waals surface area contributed by atoms with Crippen molar-refractivity contribution in [1.82, 2.24) is 13.9 Å². The van der Waals surface area contributed by atoms with Crippen LogP contribution in [-0.4, -0.2) is 41.6 Å². The molecule has 1 aromatic heterocycles. The Bertz CT molecular complexity index is 914. The normalized spacial score (nSPS) is 17.4. The monoisotopic (exact) mass is 401 g/mol. The van der Waals surface area contributed by atoms with E-state index in [1.807, 2.05) is 11.6 Å². The van der Waals surface area contributed by atoms with Crippen molar-refractivity contribution in [2.24, 2.45) is 13.0 Å². The van der Waals surface area contributed by atoms with Crippen LogP contribution in [0.2, 0.25) is 0 Å². The maximum absolute atomic E-state index is 12.9. The summed E-state index contributed by atoms with van der Waals surface area (Å²) in [7, 11) is -1.33. The minimum absolute atomic E-state index is 0.304. The molecular formula is C18H22F3N3O2S. The molecule has 1 fully saturated rings. The third kappa shape index (κ3) is 4.70. The van der Waals surface area contributed by atoms with Gasteiger partial charge in [-0.3, -0.25) is 0 Å². The highest BCUT2D eigenvalue weighted by atomic mass is 32.2. The number of sulfonamides is 1. The maximum atomic E-state index is 12.9. The van der Waals surface area contributed by atoms with Gasteiger partial charge in [0, 0.05) is 38.3 Å². The Morgan fingerprint density at radius 1 is 1.22 bits per heavy atom. The number of imidazole rings is 1. The zero-order valence-electron chi connectivity index (χ0n) is 15.2. The molecule has 0 unspecified atom stereocenters. The fourth-order valence-corrected chi connectivity index (χ4v) is 4.27. The van der Waals surface area contributed by atoms with Crippen molar-refractivity contribution < 1.29 is 21.6 Å². The molecule has 0 aliphatic carbocycles. The minimum Gasteiger partial charge on any atom is -0.337 e. The molecule has 0 atom stereocenters. The molecule has 27 heavy (non-hydrogen) atoms. The summed E-state index contributed by atoms with van der Waals surface area (Å²) in [5.41, 5.74) is 0.242. The van der Waals surface area contributed by atoms with Gasteiger partial charge in [-0.1, -0.05) is 12.1 Å². The van der Waals surface area contributed by atoms with Crippen LogP contribution in [0.4, 0.5) is 13.2 Å². The van der Waals surface area contributed by atoms with Gasteiger partial charge in [-0.15, -0.1) is 0 Å². The lowest BCUT2D eigenvalue weighted by molar-refractivity contribution is -0.137. The lowest BCUT2D eigenvalue weighted by Gasteiger charge is -2.29. The van der Waals surface area contributed by atoms with E-state index in [1.54, 1.807) is 12.3 Å². The highest BCUT2D eigenvalue weighted by molar-refractivity contribution is 7.88. The van der Waals surface area contributed by atoms with Crippen LogP contribution in [-0.2, 0) is 29.7 Å². The smallest absolute Gasteiger partial charge is 0.337 e. The zero-order chi connectivity index (χ0) is 19.8. The van der Waals surface area contributed by atoms with Crippen LogP contribution in [0.5, 0.6) is 0 Å². The van der Waals surface area contributed by atoms with Crippen molar-refractivity contribution >= 4 is 10.0 Å². The van der Waals surface area contributed by atoms with Crippen molar-refractivity contribution in [3.05, 3.63) is 41.9 Å². The third-order valence-electron chi connectivity index (χ3n) is 4.97. The van der Waals surface area contributed by atoms with E-state index in [1.165, 1.54) is 16.6 Å². The van der Waals surface area contributed by atoms with Crippen LogP contribution in [0.1, 0.15) is 24.2 Å². The number of benzene rings is 1. The van der Waals surface area contributed by atoms with E-state index in [9.17, 15) is 21.6 Å². The van der Waals surface area contributed by atoms with Gasteiger partial charge in [-0.25, -0.2) is 17.7 Å². The molecule has 2 heterocycles. The molecule has 5 nitrogen and oxygen atoms in total. The molecule has 1 aliphatic rings. The number of rotatable bonds is 4. The quantitative estimate of drug-likeness (QED) is 0.790. The van der Waals surface area contributed by atoms with Gasteiger partial charge in [0.25, 0.3) is 0 Å². The Morgan fingerprint density at radius 2 is 1.89 bits per heavy atom. The molecule has 0 N–H and O–H groups in total. The Labute approximate surface area is 156 Å². The Hall–Kier alpha value is -1.87. The molecule has 2 aromatic rings. The summed E-state index contributed by atoms with van der Waals surface area (Å²) in [4.78, 5) is 4.53. The van der Waals surface area contributed by atoms with Crippen molar-refractivity contribution in [2.45, 2.75) is 25.4 Å². The van der Waals surface area contributed by atoms with Crippen LogP contribution in [0.15, 0.2) is 30.5 Å². The molecule has 1 aromatic carbocycles. The minimum atomic E-state index is -4.39. The van der Waals surface area contributed by atoms with Crippen LogP contribution in [0.25, 0.3) is 11.3 Å². The van der Waals surface area contributed by atoms with E-state index >= 15 is 0 Å². The average Bonchev–Trinajstić information content (AvgIpc) is 2.95. The van der Waals surface area contributed by atoms with Crippen LogP contribution in [0, 0.1) is 5.92 Å². The van der Waals surface area contributed by atoms with Gasteiger partial charge in [0.1, 0.15) is 5.82 Å². The van der Waals surface area contributed by atoms with Gasteiger partial charge in [0.2, 0.25) is 10.0 Å². The zero-order valence-corrected chi connectivity index (χ0v) is 16.0. The van der Waals surface area contributed by atoms with E-state index in [0.29, 0.717) is 36.7 Å². The molecule has 1 aliphatic heterocycles. The number of piperidine rings is 1. The summed E-state index contributed by atoms with van der Waals surface area (Å²) in [5, 5.41) is 0. The number of alkyl halides is 3. The predicted octanol–water partition coefficient (Wildman–Crippen LogP) is 3.32. The molecule has 0 spiro atoms. The first-order valence-electron chi connectivity index (χ1n) is 8.69. The summed E-state index contributed by atoms with van der Waals surface area (Å²) in [6, 6.07) is 5.15. The van der Waals surface area contributed by atoms with Gasteiger partial charge in [0.05, 0.1) is 17.5 Å². The lowest BCUT2D eigenvalue weighted by atomic mass is 9.94. The molecule has 0 amide bonds. The largest absolute Gasteiger partial charge is 0.416 e. The highest BCUT2D eigenvalue weighted by Gasteiger charge is 2.31. The van der Waals surface area contributed by atoms with Gasteiger partial charge in [-0.05, 0) is 30.9 Å². The van der Waals surface area contributed by atoms with Crippen molar-refractivity contribution in [3.8, 4) is 11.3 Å². The first-order valence-corrected chi connectivity index (χ1v) is 10.5. The van der Waals surface area contributed by atoms with Gasteiger partial charge >= 0.3 is 6.18 Å². The second-order valence-corrected chi connectivity index (χ2v) is 9.02. The highest BCUT2D eigenvalue weighted by Crippen LogP contribution is 2.32. The number of halogens is 3. The Balaban J connectivity index is 1.73. The van der Waals surface area contributed by atoms with E-state index in [0.717, 1.165) is 30.8 Å². The number of nitrogens with zero attached hydrogens (tertiary/aromatic N) is 3. The second kappa shape index (κ2) is 7.27. The van der Waals surface area contributed by atoms with Gasteiger partial charge < -0.3 is 4.57 Å². The number of hydrogen-bond acceptors (Lipinski definition) is 3. The van der Waals surface area contributed by atoms with Gasteiger partial charge in [-0.2, -0.15) is 13.2 Å².